The second-order valence-corrected chi connectivity index (χ2v) is 6.12. The quantitative estimate of drug-likeness (QED) is 0.569. The average molecular weight is 239 g/mol. The van der Waals surface area contributed by atoms with Gasteiger partial charge in [0.15, 0.2) is 0 Å². The van der Waals surface area contributed by atoms with Crippen molar-refractivity contribution in [3.63, 3.8) is 0 Å². The molecule has 14 heavy (non-hydrogen) atoms. The highest BCUT2D eigenvalue weighted by Crippen LogP contribution is 2.49. The monoisotopic (exact) mass is 239 g/mol. The van der Waals surface area contributed by atoms with Gasteiger partial charge in [-0.25, -0.2) is 0 Å². The molecule has 0 radical (unpaired) electrons. The Labute approximate surface area is 89.8 Å². The minimum atomic E-state index is -2.84. The fraction of sp³-hybridized carbons (Fsp3) is 1.00. The summed E-state index contributed by atoms with van der Waals surface area (Å²) in [6.45, 7) is 4.55. The summed E-state index contributed by atoms with van der Waals surface area (Å²) in [5.74, 6) is 1.07. The molecule has 1 atom stereocenters. The summed E-state index contributed by atoms with van der Waals surface area (Å²) in [7, 11) is -2.84. The summed E-state index contributed by atoms with van der Waals surface area (Å²) in [5.41, 5.74) is 0. The summed E-state index contributed by atoms with van der Waals surface area (Å²) in [6.07, 6.45) is 1.52. The van der Waals surface area contributed by atoms with Gasteiger partial charge in [-0.1, -0.05) is 11.9 Å². The molecule has 6 heteroatoms. The lowest BCUT2D eigenvalue weighted by atomic mass is 10.3. The molecule has 0 amide bonds. The van der Waals surface area contributed by atoms with Crippen molar-refractivity contribution in [2.75, 3.05) is 25.1 Å². The van der Waals surface area contributed by atoms with Gasteiger partial charge in [-0.2, -0.15) is 0 Å². The van der Waals surface area contributed by atoms with Gasteiger partial charge in [0.2, 0.25) is 0 Å². The predicted octanol–water partition coefficient (Wildman–Crippen LogP) is 2.26. The molecule has 1 aliphatic rings. The van der Waals surface area contributed by atoms with Crippen molar-refractivity contribution in [2.45, 2.75) is 26.3 Å². The smallest absolute Gasteiger partial charge is 0.309 e. The molecule has 1 unspecified atom stereocenters. The van der Waals surface area contributed by atoms with E-state index in [0.717, 1.165) is 12.2 Å². The molecule has 1 fully saturated rings. The third-order valence-electron chi connectivity index (χ3n) is 1.91. The van der Waals surface area contributed by atoms with E-state index in [-0.39, 0.29) is 6.04 Å². The van der Waals surface area contributed by atoms with Gasteiger partial charge in [0.1, 0.15) is 0 Å². The van der Waals surface area contributed by atoms with Crippen LogP contribution in [0.25, 0.3) is 0 Å². The Kier molecular flexibility index (Phi) is 5.49. The van der Waals surface area contributed by atoms with Crippen LogP contribution >= 0.6 is 19.5 Å². The fourth-order valence-corrected chi connectivity index (χ4v) is 4.34. The number of rotatable bonds is 6. The zero-order chi connectivity index (χ0) is 10.4. The molecule has 1 saturated heterocycles. The van der Waals surface area contributed by atoms with Crippen LogP contribution in [0.3, 0.4) is 0 Å². The van der Waals surface area contributed by atoms with Crippen LogP contribution in [0.4, 0.5) is 0 Å². The van der Waals surface area contributed by atoms with Crippen molar-refractivity contribution in [1.82, 2.24) is 4.72 Å². The van der Waals surface area contributed by atoms with E-state index in [1.807, 2.05) is 13.8 Å². The molecule has 84 valence electrons. The lowest BCUT2D eigenvalue weighted by Gasteiger charge is -2.19. The molecule has 0 bridgehead atoms. The molecule has 0 aliphatic carbocycles. The van der Waals surface area contributed by atoms with E-state index in [2.05, 4.69) is 4.72 Å². The molecule has 0 spiro atoms. The molecule has 1 rings (SSSR count). The first-order chi connectivity index (χ1) is 6.70. The fourth-order valence-electron chi connectivity index (χ4n) is 1.37. The first-order valence-electron chi connectivity index (χ1n) is 4.95. The molecule has 0 aromatic heterocycles. The van der Waals surface area contributed by atoms with Crippen LogP contribution in [0.15, 0.2) is 0 Å². The first-order valence-corrected chi connectivity index (χ1v) is 7.67. The minimum Gasteiger partial charge on any atom is -0.309 e. The Balaban J connectivity index is 2.44. The third-order valence-corrected chi connectivity index (χ3v) is 5.04. The predicted molar refractivity (Wildman–Crippen MR) is 59.7 cm³/mol. The summed E-state index contributed by atoms with van der Waals surface area (Å²) in [5, 5.41) is 0. The summed E-state index contributed by atoms with van der Waals surface area (Å²) in [6, 6.07) is 0.268. The van der Waals surface area contributed by atoms with E-state index in [9.17, 15) is 4.57 Å². The first kappa shape index (κ1) is 12.5. The van der Waals surface area contributed by atoms with E-state index < -0.39 is 7.60 Å². The summed E-state index contributed by atoms with van der Waals surface area (Å²) in [4.78, 5) is 0. The minimum absolute atomic E-state index is 0.268. The van der Waals surface area contributed by atoms with Gasteiger partial charge < -0.3 is 9.05 Å². The lowest BCUT2D eigenvalue weighted by Crippen LogP contribution is -2.22. The topological polar surface area (TPSA) is 47.6 Å². The maximum atomic E-state index is 12.1. The Hall–Kier alpha value is 0.460. The van der Waals surface area contributed by atoms with Gasteiger partial charge in [0.05, 0.1) is 19.4 Å². The summed E-state index contributed by atoms with van der Waals surface area (Å²) < 4.78 is 25.7. The molecular formula is C8H18NO3PS. The van der Waals surface area contributed by atoms with Crippen LogP contribution in [0.1, 0.15) is 20.3 Å². The molecule has 1 heterocycles. The van der Waals surface area contributed by atoms with Gasteiger partial charge in [-0.15, -0.1) is 0 Å². The molecule has 1 aliphatic heterocycles. The van der Waals surface area contributed by atoms with Gasteiger partial charge in [0, 0.05) is 11.8 Å². The van der Waals surface area contributed by atoms with Crippen molar-refractivity contribution in [1.29, 1.82) is 0 Å². The van der Waals surface area contributed by atoms with Gasteiger partial charge in [0.25, 0.3) is 0 Å². The van der Waals surface area contributed by atoms with E-state index in [1.54, 1.807) is 11.9 Å². The highest BCUT2D eigenvalue weighted by molar-refractivity contribution is 7.97. The maximum Gasteiger partial charge on any atom is 0.332 e. The van der Waals surface area contributed by atoms with Crippen LogP contribution in [-0.4, -0.2) is 31.2 Å². The molecule has 0 saturated carbocycles. The standard InChI is InChI=1S/C8H18NO3PS/c1-3-11-13(10,12-4-2)7-8-5-6-14-9-8/h8-9H,3-7H2,1-2H3. The van der Waals surface area contributed by atoms with E-state index in [0.29, 0.717) is 19.4 Å². The van der Waals surface area contributed by atoms with Gasteiger partial charge in [-0.05, 0) is 20.3 Å². The number of hydrogen-bond acceptors (Lipinski definition) is 5. The Bertz CT molecular complexity index is 199. The molecule has 1 N–H and O–H groups in total. The molecule has 0 aromatic rings. The van der Waals surface area contributed by atoms with Crippen molar-refractivity contribution in [3.8, 4) is 0 Å². The van der Waals surface area contributed by atoms with Crippen molar-refractivity contribution in [3.05, 3.63) is 0 Å². The van der Waals surface area contributed by atoms with Crippen molar-refractivity contribution < 1.29 is 13.6 Å². The maximum absolute atomic E-state index is 12.1. The van der Waals surface area contributed by atoms with Crippen LogP contribution < -0.4 is 4.72 Å². The highest BCUT2D eigenvalue weighted by atomic mass is 32.2. The Morgan fingerprint density at radius 3 is 2.50 bits per heavy atom. The van der Waals surface area contributed by atoms with E-state index in [4.69, 9.17) is 9.05 Å². The third kappa shape index (κ3) is 3.91. The number of nitrogens with one attached hydrogen (secondary N) is 1. The van der Waals surface area contributed by atoms with Gasteiger partial charge >= 0.3 is 7.60 Å². The highest BCUT2D eigenvalue weighted by Gasteiger charge is 2.30. The van der Waals surface area contributed by atoms with Crippen LogP contribution in [0, 0.1) is 0 Å². The van der Waals surface area contributed by atoms with Crippen LogP contribution in [-0.2, 0) is 13.6 Å². The average Bonchev–Trinajstić information content (AvgIpc) is 2.57. The largest absolute Gasteiger partial charge is 0.332 e. The van der Waals surface area contributed by atoms with E-state index in [1.165, 1.54) is 0 Å². The molecule has 4 nitrogen and oxygen atoms in total. The summed E-state index contributed by atoms with van der Waals surface area (Å²) >= 11 is 1.68. The zero-order valence-corrected chi connectivity index (χ0v) is 10.4. The SMILES string of the molecule is CCOP(=O)(CC1CCSN1)OCC. The Morgan fingerprint density at radius 2 is 2.07 bits per heavy atom. The molecular weight excluding hydrogens is 221 g/mol. The van der Waals surface area contributed by atoms with E-state index >= 15 is 0 Å². The van der Waals surface area contributed by atoms with Gasteiger partial charge in [-0.3, -0.25) is 9.29 Å². The zero-order valence-electron chi connectivity index (χ0n) is 8.69. The second kappa shape index (κ2) is 6.13. The lowest BCUT2D eigenvalue weighted by molar-refractivity contribution is 0.218. The van der Waals surface area contributed by atoms with Crippen LogP contribution in [0.5, 0.6) is 0 Å². The normalized spacial score (nSPS) is 22.9. The van der Waals surface area contributed by atoms with Crippen molar-refractivity contribution in [2.24, 2.45) is 0 Å². The second-order valence-electron chi connectivity index (χ2n) is 3.08. The van der Waals surface area contributed by atoms with Crippen molar-refractivity contribution >= 4 is 19.5 Å². The van der Waals surface area contributed by atoms with Crippen LogP contribution in [0.2, 0.25) is 0 Å². The molecule has 0 aromatic carbocycles. The number of hydrogen-bond donors (Lipinski definition) is 1. The Morgan fingerprint density at radius 1 is 1.43 bits per heavy atom.